The molecule has 1 aliphatic heterocycles. The maximum atomic E-state index is 13.2. The van der Waals surface area contributed by atoms with Crippen molar-refractivity contribution in [1.82, 2.24) is 14.7 Å². The lowest BCUT2D eigenvalue weighted by molar-refractivity contribution is 0.0681. The lowest BCUT2D eigenvalue weighted by Crippen LogP contribution is -2.41. The molecule has 7 nitrogen and oxygen atoms in total. The molecule has 1 saturated heterocycles. The quantitative estimate of drug-likeness (QED) is 0.613. The number of hydrogen-bond acceptors (Lipinski definition) is 5. The third kappa shape index (κ3) is 4.10. The van der Waals surface area contributed by atoms with E-state index in [4.69, 9.17) is 14.6 Å². The van der Waals surface area contributed by atoms with Gasteiger partial charge in [0.25, 0.3) is 11.5 Å². The van der Waals surface area contributed by atoms with Crippen molar-refractivity contribution in [3.05, 3.63) is 76.1 Å². The lowest BCUT2D eigenvalue weighted by atomic mass is 10.0. The minimum absolute atomic E-state index is 0.0609. The van der Waals surface area contributed by atoms with Crippen LogP contribution in [0.25, 0.3) is 11.3 Å². The average molecular weight is 434 g/mol. The van der Waals surface area contributed by atoms with Gasteiger partial charge in [-0.3, -0.25) is 9.59 Å². The Morgan fingerprint density at radius 1 is 0.969 bits per heavy atom. The fraction of sp³-hybridized carbons (Fsp3) is 0.320. The van der Waals surface area contributed by atoms with Crippen molar-refractivity contribution in [2.45, 2.75) is 25.8 Å². The maximum absolute atomic E-state index is 13.2. The van der Waals surface area contributed by atoms with Crippen LogP contribution in [0.1, 0.15) is 34.8 Å². The standard InChI is InChI=1S/C25H27N3O4/c1-17-16-22(29)28(26-24(17)18-8-5-4-6-9-18)19-12-14-27(15-13-19)25(30)23-20(31-2)10-7-11-21(23)32-3/h4-11,16,19H,12-15H2,1-3H3. The third-order valence-electron chi connectivity index (χ3n) is 5.93. The predicted molar refractivity (Wildman–Crippen MR) is 122 cm³/mol. The number of likely N-dealkylation sites (tertiary alicyclic amines) is 1. The number of carbonyl (C=O) groups is 1. The Morgan fingerprint density at radius 2 is 1.59 bits per heavy atom. The van der Waals surface area contributed by atoms with Crippen LogP contribution in [-0.4, -0.2) is 47.9 Å². The van der Waals surface area contributed by atoms with Crippen LogP contribution in [0, 0.1) is 6.92 Å². The van der Waals surface area contributed by atoms with E-state index in [1.54, 1.807) is 33.8 Å². The minimum Gasteiger partial charge on any atom is -0.496 e. The summed E-state index contributed by atoms with van der Waals surface area (Å²) in [5.74, 6) is 0.840. The van der Waals surface area contributed by atoms with Gasteiger partial charge in [-0.15, -0.1) is 0 Å². The average Bonchev–Trinajstić information content (AvgIpc) is 2.84. The summed E-state index contributed by atoms with van der Waals surface area (Å²) < 4.78 is 12.4. The summed E-state index contributed by atoms with van der Waals surface area (Å²) in [6.07, 6.45) is 1.29. The Morgan fingerprint density at radius 3 is 2.19 bits per heavy atom. The molecule has 0 N–H and O–H groups in total. The van der Waals surface area contributed by atoms with Gasteiger partial charge >= 0.3 is 0 Å². The largest absolute Gasteiger partial charge is 0.496 e. The molecule has 0 unspecified atom stereocenters. The second-order valence-corrected chi connectivity index (χ2v) is 7.89. The SMILES string of the molecule is COc1cccc(OC)c1C(=O)N1CCC(n2nc(-c3ccccc3)c(C)cc2=O)CC1. The molecular weight excluding hydrogens is 406 g/mol. The van der Waals surface area contributed by atoms with E-state index in [9.17, 15) is 9.59 Å². The lowest BCUT2D eigenvalue weighted by Gasteiger charge is -2.33. The minimum atomic E-state index is -0.132. The number of methoxy groups -OCH3 is 2. The summed E-state index contributed by atoms with van der Waals surface area (Å²) in [6.45, 7) is 2.95. The van der Waals surface area contributed by atoms with E-state index in [0.717, 1.165) is 16.8 Å². The van der Waals surface area contributed by atoms with E-state index in [-0.39, 0.29) is 17.5 Å². The number of rotatable bonds is 5. The number of aromatic nitrogens is 2. The molecule has 1 amide bonds. The van der Waals surface area contributed by atoms with Crippen molar-refractivity contribution in [3.63, 3.8) is 0 Å². The topological polar surface area (TPSA) is 73.7 Å². The van der Waals surface area contributed by atoms with E-state index < -0.39 is 0 Å². The highest BCUT2D eigenvalue weighted by molar-refractivity contribution is 5.99. The van der Waals surface area contributed by atoms with E-state index >= 15 is 0 Å². The molecule has 2 aromatic carbocycles. The zero-order valence-corrected chi connectivity index (χ0v) is 18.6. The van der Waals surface area contributed by atoms with E-state index in [2.05, 4.69) is 0 Å². The third-order valence-corrected chi connectivity index (χ3v) is 5.93. The van der Waals surface area contributed by atoms with Crippen LogP contribution < -0.4 is 15.0 Å². The molecule has 3 aromatic rings. The molecule has 0 bridgehead atoms. The van der Waals surface area contributed by atoms with Crippen LogP contribution in [-0.2, 0) is 0 Å². The number of amides is 1. The van der Waals surface area contributed by atoms with Gasteiger partial charge < -0.3 is 14.4 Å². The van der Waals surface area contributed by atoms with Crippen molar-refractivity contribution >= 4 is 5.91 Å². The Hall–Kier alpha value is -3.61. The second-order valence-electron chi connectivity index (χ2n) is 7.89. The second kappa shape index (κ2) is 9.26. The first-order valence-corrected chi connectivity index (χ1v) is 10.7. The zero-order valence-electron chi connectivity index (χ0n) is 18.6. The van der Waals surface area contributed by atoms with Crippen molar-refractivity contribution < 1.29 is 14.3 Å². The summed E-state index contributed by atoms with van der Waals surface area (Å²) in [6, 6.07) is 16.7. The van der Waals surface area contributed by atoms with Gasteiger partial charge in [-0.1, -0.05) is 36.4 Å². The van der Waals surface area contributed by atoms with Gasteiger partial charge in [0.1, 0.15) is 17.1 Å². The molecule has 0 atom stereocenters. The van der Waals surface area contributed by atoms with Crippen LogP contribution in [0.2, 0.25) is 0 Å². The number of hydrogen-bond donors (Lipinski definition) is 0. The number of carbonyl (C=O) groups excluding carboxylic acids is 1. The highest BCUT2D eigenvalue weighted by Crippen LogP contribution is 2.31. The Labute approximate surface area is 187 Å². The summed E-state index contributed by atoms with van der Waals surface area (Å²) >= 11 is 0. The molecule has 0 saturated carbocycles. The number of aryl methyl sites for hydroxylation is 1. The molecule has 0 radical (unpaired) electrons. The van der Waals surface area contributed by atoms with Gasteiger partial charge in [0.05, 0.1) is 26.0 Å². The summed E-state index contributed by atoms with van der Waals surface area (Å²) in [4.78, 5) is 27.7. The normalized spacial score (nSPS) is 14.3. The molecule has 4 rings (SSSR count). The van der Waals surface area contributed by atoms with Gasteiger partial charge in [-0.25, -0.2) is 4.68 Å². The Kier molecular flexibility index (Phi) is 6.25. The fourth-order valence-electron chi connectivity index (χ4n) is 4.23. The number of ether oxygens (including phenoxy) is 2. The molecule has 0 spiro atoms. The van der Waals surface area contributed by atoms with Crippen LogP contribution in [0.4, 0.5) is 0 Å². The van der Waals surface area contributed by atoms with E-state index in [0.29, 0.717) is 43.0 Å². The summed E-state index contributed by atoms with van der Waals surface area (Å²) in [7, 11) is 3.08. The first-order valence-electron chi connectivity index (χ1n) is 10.7. The molecule has 2 heterocycles. The summed E-state index contributed by atoms with van der Waals surface area (Å²) in [5.41, 5.74) is 2.96. The van der Waals surface area contributed by atoms with Gasteiger partial charge in [-0.2, -0.15) is 5.10 Å². The smallest absolute Gasteiger partial charge is 0.267 e. The van der Waals surface area contributed by atoms with Crippen LogP contribution in [0.15, 0.2) is 59.4 Å². The number of nitrogens with zero attached hydrogens (tertiary/aromatic N) is 3. The molecule has 0 aliphatic carbocycles. The molecular formula is C25H27N3O4. The molecule has 1 aromatic heterocycles. The van der Waals surface area contributed by atoms with Crippen LogP contribution >= 0.6 is 0 Å². The zero-order chi connectivity index (χ0) is 22.7. The molecule has 1 fully saturated rings. The number of benzene rings is 2. The van der Waals surface area contributed by atoms with Gasteiger partial charge in [0.2, 0.25) is 0 Å². The van der Waals surface area contributed by atoms with Gasteiger partial charge in [-0.05, 0) is 37.5 Å². The van der Waals surface area contributed by atoms with Crippen molar-refractivity contribution in [1.29, 1.82) is 0 Å². The Bertz CT molecular complexity index is 1140. The summed E-state index contributed by atoms with van der Waals surface area (Å²) in [5, 5.41) is 4.71. The van der Waals surface area contributed by atoms with E-state index in [1.165, 1.54) is 14.2 Å². The predicted octanol–water partition coefficient (Wildman–Crippen LogP) is 3.71. The molecule has 1 aliphatic rings. The van der Waals surface area contributed by atoms with Crippen LogP contribution in [0.5, 0.6) is 11.5 Å². The van der Waals surface area contributed by atoms with Crippen molar-refractivity contribution in [3.8, 4) is 22.8 Å². The highest BCUT2D eigenvalue weighted by Gasteiger charge is 2.29. The maximum Gasteiger partial charge on any atom is 0.267 e. The van der Waals surface area contributed by atoms with Crippen molar-refractivity contribution in [2.24, 2.45) is 0 Å². The Balaban J connectivity index is 1.55. The fourth-order valence-corrected chi connectivity index (χ4v) is 4.23. The van der Waals surface area contributed by atoms with Crippen molar-refractivity contribution in [2.75, 3.05) is 27.3 Å². The molecule has 32 heavy (non-hydrogen) atoms. The highest BCUT2D eigenvalue weighted by atomic mass is 16.5. The van der Waals surface area contributed by atoms with Gasteiger partial charge in [0.15, 0.2) is 0 Å². The molecule has 166 valence electrons. The first kappa shape index (κ1) is 21.6. The molecule has 7 heteroatoms. The first-order chi connectivity index (χ1) is 15.5. The van der Waals surface area contributed by atoms with E-state index in [1.807, 2.05) is 37.3 Å². The number of piperidine rings is 1. The van der Waals surface area contributed by atoms with Gasteiger partial charge in [0, 0.05) is 24.7 Å². The van der Waals surface area contributed by atoms with Crippen LogP contribution in [0.3, 0.4) is 0 Å². The monoisotopic (exact) mass is 433 g/mol.